The van der Waals surface area contributed by atoms with Gasteiger partial charge in [-0.2, -0.15) is 4.37 Å². The Hall–Kier alpha value is -2.68. The quantitative estimate of drug-likeness (QED) is 0.381. The van der Waals surface area contributed by atoms with Crippen molar-refractivity contribution in [3.63, 3.8) is 0 Å². The Balaban J connectivity index is 1.77. The minimum Gasteiger partial charge on any atom is -0.497 e. The number of methoxy groups -OCH3 is 1. The maximum atomic E-state index is 13.8. The van der Waals surface area contributed by atoms with E-state index < -0.39 is 17.8 Å². The molecule has 1 saturated carbocycles. The zero-order chi connectivity index (χ0) is 24.9. The largest absolute Gasteiger partial charge is 0.497 e. The lowest BCUT2D eigenvalue weighted by atomic mass is 10.0. The molecule has 0 spiro atoms. The molecule has 1 aromatic heterocycles. The van der Waals surface area contributed by atoms with Crippen LogP contribution in [0.1, 0.15) is 53.3 Å². The number of amides is 2. The van der Waals surface area contributed by atoms with Gasteiger partial charge in [0.05, 0.1) is 7.11 Å². The Bertz CT molecular complexity index is 1180. The van der Waals surface area contributed by atoms with Crippen molar-refractivity contribution in [2.75, 3.05) is 7.11 Å². The van der Waals surface area contributed by atoms with Gasteiger partial charge in [0.15, 0.2) is 5.69 Å². The molecular formula is C25H24Cl2FN3O3S. The van der Waals surface area contributed by atoms with Crippen LogP contribution in [0.3, 0.4) is 0 Å². The summed E-state index contributed by atoms with van der Waals surface area (Å²) in [5.41, 5.74) is 1.20. The van der Waals surface area contributed by atoms with Crippen LogP contribution in [0, 0.1) is 5.82 Å². The van der Waals surface area contributed by atoms with Crippen molar-refractivity contribution in [2.24, 2.45) is 0 Å². The van der Waals surface area contributed by atoms with E-state index in [4.69, 9.17) is 27.9 Å². The molecule has 1 atom stereocenters. The van der Waals surface area contributed by atoms with Crippen LogP contribution in [0.15, 0.2) is 48.5 Å². The van der Waals surface area contributed by atoms with Gasteiger partial charge < -0.3 is 15.0 Å². The van der Waals surface area contributed by atoms with Gasteiger partial charge in [0, 0.05) is 12.6 Å². The van der Waals surface area contributed by atoms with Gasteiger partial charge in [-0.25, -0.2) is 4.39 Å². The number of hydrogen-bond acceptors (Lipinski definition) is 5. The van der Waals surface area contributed by atoms with Gasteiger partial charge in [-0.05, 0) is 59.8 Å². The van der Waals surface area contributed by atoms with Crippen LogP contribution < -0.4 is 10.1 Å². The van der Waals surface area contributed by atoms with Crippen molar-refractivity contribution < 1.29 is 18.7 Å². The van der Waals surface area contributed by atoms with E-state index in [1.807, 2.05) is 0 Å². The smallest absolute Gasteiger partial charge is 0.276 e. The van der Waals surface area contributed by atoms with Gasteiger partial charge in [0.1, 0.15) is 27.0 Å². The zero-order valence-corrected chi connectivity index (χ0v) is 21.3. The number of rotatable bonds is 8. The molecule has 1 aliphatic rings. The minimum atomic E-state index is -0.990. The van der Waals surface area contributed by atoms with Gasteiger partial charge in [-0.3, -0.25) is 9.59 Å². The molecule has 6 nitrogen and oxygen atoms in total. The lowest BCUT2D eigenvalue weighted by molar-refractivity contribution is -0.126. The molecule has 184 valence electrons. The Morgan fingerprint density at radius 2 is 1.80 bits per heavy atom. The molecule has 1 N–H and O–H groups in total. The first kappa shape index (κ1) is 25.4. The average molecular weight is 536 g/mol. The van der Waals surface area contributed by atoms with Gasteiger partial charge in [0.2, 0.25) is 5.91 Å². The summed E-state index contributed by atoms with van der Waals surface area (Å²) in [6.07, 6.45) is 3.87. The number of ether oxygens (including phenoxy) is 1. The Morgan fingerprint density at radius 3 is 2.37 bits per heavy atom. The van der Waals surface area contributed by atoms with Crippen molar-refractivity contribution in [1.82, 2.24) is 14.6 Å². The normalized spacial score (nSPS) is 14.5. The van der Waals surface area contributed by atoms with Crippen LogP contribution in [0.5, 0.6) is 5.75 Å². The third-order valence-electron chi connectivity index (χ3n) is 6.02. The number of halogens is 3. The maximum Gasteiger partial charge on any atom is 0.276 e. The van der Waals surface area contributed by atoms with Crippen molar-refractivity contribution >= 4 is 46.5 Å². The zero-order valence-electron chi connectivity index (χ0n) is 19.0. The van der Waals surface area contributed by atoms with E-state index in [1.165, 1.54) is 17.0 Å². The van der Waals surface area contributed by atoms with E-state index in [-0.39, 0.29) is 33.5 Å². The molecule has 10 heteroatoms. The molecule has 1 aliphatic carbocycles. The van der Waals surface area contributed by atoms with Crippen molar-refractivity contribution in [3.05, 3.63) is 80.5 Å². The summed E-state index contributed by atoms with van der Waals surface area (Å²) in [4.78, 5) is 28.9. The summed E-state index contributed by atoms with van der Waals surface area (Å²) in [6.45, 7) is 0.0272. The summed E-state index contributed by atoms with van der Waals surface area (Å²) in [7, 11) is 1.55. The molecule has 0 saturated heterocycles. The highest BCUT2D eigenvalue weighted by atomic mass is 35.5. The van der Waals surface area contributed by atoms with Crippen LogP contribution >= 0.6 is 34.7 Å². The molecule has 2 amide bonds. The predicted molar refractivity (Wildman–Crippen MR) is 135 cm³/mol. The fraction of sp³-hybridized carbons (Fsp3) is 0.320. The first-order valence-corrected chi connectivity index (χ1v) is 12.7. The summed E-state index contributed by atoms with van der Waals surface area (Å²) < 4.78 is 23.1. The SMILES string of the molecule is COc1ccc([C@H](C(=O)NC2CCCC2)N(Cc2ccc(F)cc2)C(=O)c2nsc(Cl)c2Cl)cc1. The number of carbonyl (C=O) groups is 2. The molecule has 1 fully saturated rings. The molecular weight excluding hydrogens is 512 g/mol. The lowest BCUT2D eigenvalue weighted by Gasteiger charge is -2.32. The van der Waals surface area contributed by atoms with E-state index in [0.29, 0.717) is 16.9 Å². The molecule has 1 heterocycles. The van der Waals surface area contributed by atoms with Gasteiger partial charge in [-0.15, -0.1) is 0 Å². The minimum absolute atomic E-state index is 0.0272. The van der Waals surface area contributed by atoms with E-state index in [2.05, 4.69) is 9.69 Å². The van der Waals surface area contributed by atoms with Crippen LogP contribution in [-0.2, 0) is 11.3 Å². The molecule has 2 aromatic carbocycles. The topological polar surface area (TPSA) is 71.5 Å². The highest BCUT2D eigenvalue weighted by Gasteiger charge is 2.36. The number of hydrogen-bond donors (Lipinski definition) is 1. The Morgan fingerprint density at radius 1 is 1.14 bits per heavy atom. The number of aromatic nitrogens is 1. The summed E-state index contributed by atoms with van der Waals surface area (Å²) in [5, 5.41) is 3.14. The van der Waals surface area contributed by atoms with Crippen LogP contribution in [0.25, 0.3) is 0 Å². The fourth-order valence-electron chi connectivity index (χ4n) is 4.20. The van der Waals surface area contributed by atoms with E-state index >= 15 is 0 Å². The van der Waals surface area contributed by atoms with Crippen molar-refractivity contribution in [3.8, 4) is 5.75 Å². The average Bonchev–Trinajstić information content (AvgIpc) is 3.49. The second-order valence-corrected chi connectivity index (χ2v) is 10.1. The molecule has 0 aliphatic heterocycles. The lowest BCUT2D eigenvalue weighted by Crippen LogP contribution is -2.46. The van der Waals surface area contributed by atoms with E-state index in [9.17, 15) is 14.0 Å². The van der Waals surface area contributed by atoms with Crippen LogP contribution in [-0.4, -0.2) is 34.2 Å². The number of benzene rings is 2. The second-order valence-electron chi connectivity index (χ2n) is 8.34. The maximum absolute atomic E-state index is 13.8. The Kier molecular flexibility index (Phi) is 8.26. The van der Waals surface area contributed by atoms with Gasteiger partial charge in [0.25, 0.3) is 5.91 Å². The fourth-order valence-corrected chi connectivity index (χ4v) is 5.19. The predicted octanol–water partition coefficient (Wildman–Crippen LogP) is 6.04. The molecule has 0 bridgehead atoms. The van der Waals surface area contributed by atoms with Gasteiger partial charge in [-0.1, -0.05) is 60.3 Å². The van der Waals surface area contributed by atoms with Crippen LogP contribution in [0.2, 0.25) is 9.36 Å². The molecule has 35 heavy (non-hydrogen) atoms. The Labute approximate surface area is 217 Å². The molecule has 4 rings (SSSR count). The third kappa shape index (κ3) is 5.94. The summed E-state index contributed by atoms with van der Waals surface area (Å²) in [6, 6.07) is 11.8. The first-order chi connectivity index (χ1) is 16.9. The number of nitrogens with one attached hydrogen (secondary N) is 1. The van der Waals surface area contributed by atoms with E-state index in [0.717, 1.165) is 37.2 Å². The summed E-state index contributed by atoms with van der Waals surface area (Å²) >= 11 is 13.3. The number of nitrogens with zero attached hydrogens (tertiary/aromatic N) is 2. The van der Waals surface area contributed by atoms with Crippen molar-refractivity contribution in [2.45, 2.75) is 44.3 Å². The highest BCUT2D eigenvalue weighted by molar-refractivity contribution is 7.11. The highest BCUT2D eigenvalue weighted by Crippen LogP contribution is 2.34. The van der Waals surface area contributed by atoms with Crippen LogP contribution in [0.4, 0.5) is 4.39 Å². The van der Waals surface area contributed by atoms with Gasteiger partial charge >= 0.3 is 0 Å². The third-order valence-corrected chi connectivity index (χ3v) is 7.63. The molecule has 0 radical (unpaired) electrons. The molecule has 3 aromatic rings. The first-order valence-electron chi connectivity index (χ1n) is 11.2. The standard InChI is InChI=1S/C25H24Cl2FN3O3S/c1-34-19-12-8-16(9-13-19)22(24(32)29-18-4-2-3-5-18)31(14-15-6-10-17(28)11-7-15)25(33)21-20(26)23(27)35-30-21/h6-13,18,22H,2-5,14H2,1H3,(H,29,32)/t22-/m1/s1. The van der Waals surface area contributed by atoms with Crippen molar-refractivity contribution in [1.29, 1.82) is 0 Å². The summed E-state index contributed by atoms with van der Waals surface area (Å²) in [5.74, 6) is -0.638. The van der Waals surface area contributed by atoms with E-state index in [1.54, 1.807) is 43.5 Å². The number of carbonyl (C=O) groups excluding carboxylic acids is 2. The second kappa shape index (κ2) is 11.4. The monoisotopic (exact) mass is 535 g/mol. The molecule has 0 unspecified atom stereocenters.